The van der Waals surface area contributed by atoms with E-state index in [2.05, 4.69) is 22.2 Å². The van der Waals surface area contributed by atoms with E-state index in [1.807, 2.05) is 73.7 Å². The van der Waals surface area contributed by atoms with Crippen LogP contribution < -0.4 is 5.56 Å². The minimum Gasteiger partial charge on any atom is -0.298 e. The standard InChI is InChI=1S/C28H22N6O/c1-19-8-7-11-21(16-19)17-30-34-26-24(25-27(34)32-23-13-6-5-12-22(23)31-25)28(35)33(18-29-26)15-14-20-9-3-2-4-10-20/h2-13,16-18H,14-15H2,1H3/b30-17-. The highest BCUT2D eigenvalue weighted by Gasteiger charge is 2.19. The van der Waals surface area contributed by atoms with E-state index < -0.39 is 0 Å². The van der Waals surface area contributed by atoms with Crippen LogP contribution in [0.5, 0.6) is 0 Å². The SMILES string of the molecule is Cc1cccc(/C=N\n2c3nc4ccccc4nc3c3c(=O)n(CCc4ccccc4)cnc32)c1. The molecule has 6 aromatic rings. The molecule has 0 saturated carbocycles. The molecule has 0 radical (unpaired) electrons. The Morgan fingerprint density at radius 1 is 0.886 bits per heavy atom. The lowest BCUT2D eigenvalue weighted by atomic mass is 10.1. The molecule has 170 valence electrons. The molecule has 0 N–H and O–H groups in total. The molecule has 7 nitrogen and oxygen atoms in total. The Morgan fingerprint density at radius 2 is 1.66 bits per heavy atom. The lowest BCUT2D eigenvalue weighted by Crippen LogP contribution is -2.21. The van der Waals surface area contributed by atoms with E-state index >= 15 is 0 Å². The highest BCUT2D eigenvalue weighted by atomic mass is 16.1. The molecule has 3 aromatic heterocycles. The zero-order valence-corrected chi connectivity index (χ0v) is 19.2. The first-order chi connectivity index (χ1) is 17.2. The van der Waals surface area contributed by atoms with Gasteiger partial charge in [-0.1, -0.05) is 72.3 Å². The van der Waals surface area contributed by atoms with Crippen molar-refractivity contribution in [2.24, 2.45) is 5.10 Å². The summed E-state index contributed by atoms with van der Waals surface area (Å²) in [5.41, 5.74) is 6.02. The van der Waals surface area contributed by atoms with E-state index in [-0.39, 0.29) is 5.56 Å². The topological polar surface area (TPSA) is 78.0 Å². The number of hydrogen-bond acceptors (Lipinski definition) is 5. The summed E-state index contributed by atoms with van der Waals surface area (Å²) in [5, 5.41) is 5.11. The van der Waals surface area contributed by atoms with Crippen LogP contribution in [0.4, 0.5) is 0 Å². The maximum absolute atomic E-state index is 13.6. The monoisotopic (exact) mass is 458 g/mol. The van der Waals surface area contributed by atoms with Crippen LogP contribution in [0, 0.1) is 6.92 Å². The summed E-state index contributed by atoms with van der Waals surface area (Å²) in [6, 6.07) is 25.8. The van der Waals surface area contributed by atoms with E-state index in [9.17, 15) is 4.79 Å². The van der Waals surface area contributed by atoms with Crippen LogP contribution in [0.3, 0.4) is 0 Å². The van der Waals surface area contributed by atoms with Crippen LogP contribution in [0.2, 0.25) is 0 Å². The lowest BCUT2D eigenvalue weighted by molar-refractivity contribution is 0.661. The van der Waals surface area contributed by atoms with Gasteiger partial charge < -0.3 is 0 Å². The van der Waals surface area contributed by atoms with Crippen molar-refractivity contribution in [3.63, 3.8) is 0 Å². The molecule has 35 heavy (non-hydrogen) atoms. The first-order valence-electron chi connectivity index (χ1n) is 11.5. The third-order valence-corrected chi connectivity index (χ3v) is 6.06. The molecular formula is C28H22N6O. The molecule has 0 fully saturated rings. The van der Waals surface area contributed by atoms with E-state index in [4.69, 9.17) is 9.97 Å². The predicted molar refractivity (Wildman–Crippen MR) is 139 cm³/mol. The van der Waals surface area contributed by atoms with Crippen LogP contribution in [-0.2, 0) is 13.0 Å². The first kappa shape index (κ1) is 20.9. The minimum atomic E-state index is -0.148. The van der Waals surface area contributed by atoms with Gasteiger partial charge in [-0.05, 0) is 36.6 Å². The number of nitrogens with zero attached hydrogens (tertiary/aromatic N) is 6. The Labute approximate surface area is 201 Å². The number of para-hydroxylation sites is 2. The van der Waals surface area contributed by atoms with E-state index in [0.29, 0.717) is 28.7 Å². The van der Waals surface area contributed by atoms with Crippen molar-refractivity contribution in [1.82, 2.24) is 24.2 Å². The zero-order chi connectivity index (χ0) is 23.8. The van der Waals surface area contributed by atoms with Gasteiger partial charge in [0, 0.05) is 6.54 Å². The molecule has 0 atom stereocenters. The average Bonchev–Trinajstić information content (AvgIpc) is 3.19. The van der Waals surface area contributed by atoms with Crippen LogP contribution >= 0.6 is 0 Å². The number of aryl methyl sites for hydroxylation is 3. The Kier molecular flexibility index (Phi) is 5.15. The van der Waals surface area contributed by atoms with Gasteiger partial charge in [0.2, 0.25) is 0 Å². The molecule has 7 heteroatoms. The quantitative estimate of drug-likeness (QED) is 0.350. The van der Waals surface area contributed by atoms with Gasteiger partial charge in [0.15, 0.2) is 11.3 Å². The second kappa shape index (κ2) is 8.61. The van der Waals surface area contributed by atoms with E-state index in [0.717, 1.165) is 34.1 Å². The molecule has 0 aliphatic carbocycles. The number of aromatic nitrogens is 5. The summed E-state index contributed by atoms with van der Waals surface area (Å²) in [7, 11) is 0. The van der Waals surface area contributed by atoms with Gasteiger partial charge in [-0.15, -0.1) is 0 Å². The molecule has 0 unspecified atom stereocenters. The second-order valence-electron chi connectivity index (χ2n) is 8.53. The Bertz CT molecular complexity index is 1780. The molecule has 0 aliphatic rings. The summed E-state index contributed by atoms with van der Waals surface area (Å²) in [4.78, 5) is 27.9. The summed E-state index contributed by atoms with van der Waals surface area (Å²) in [5.74, 6) is 0. The fourth-order valence-corrected chi connectivity index (χ4v) is 4.29. The minimum absolute atomic E-state index is 0.148. The first-order valence-corrected chi connectivity index (χ1v) is 11.5. The summed E-state index contributed by atoms with van der Waals surface area (Å²) in [6.07, 6.45) is 4.07. The van der Waals surface area contributed by atoms with Crippen molar-refractivity contribution in [3.05, 3.63) is 112 Å². The van der Waals surface area contributed by atoms with Gasteiger partial charge in [0.25, 0.3) is 5.56 Å². The van der Waals surface area contributed by atoms with Gasteiger partial charge in [-0.3, -0.25) is 9.36 Å². The molecule has 6 rings (SSSR count). The van der Waals surface area contributed by atoms with Crippen molar-refractivity contribution in [1.29, 1.82) is 0 Å². The third kappa shape index (κ3) is 3.87. The van der Waals surface area contributed by atoms with E-state index in [1.165, 1.54) is 0 Å². The van der Waals surface area contributed by atoms with Gasteiger partial charge >= 0.3 is 0 Å². The van der Waals surface area contributed by atoms with Crippen LogP contribution in [0.1, 0.15) is 16.7 Å². The highest BCUT2D eigenvalue weighted by molar-refractivity contribution is 6.04. The fourth-order valence-electron chi connectivity index (χ4n) is 4.29. The molecule has 0 spiro atoms. The van der Waals surface area contributed by atoms with Crippen molar-refractivity contribution in [2.75, 3.05) is 0 Å². The predicted octanol–water partition coefficient (Wildman–Crippen LogP) is 4.73. The number of hydrogen-bond donors (Lipinski definition) is 0. The normalized spacial score (nSPS) is 11.8. The fraction of sp³-hybridized carbons (Fsp3) is 0.107. The highest BCUT2D eigenvalue weighted by Crippen LogP contribution is 2.25. The Morgan fingerprint density at radius 3 is 2.46 bits per heavy atom. The average molecular weight is 459 g/mol. The lowest BCUT2D eigenvalue weighted by Gasteiger charge is -2.05. The maximum Gasteiger partial charge on any atom is 0.265 e. The second-order valence-corrected chi connectivity index (χ2v) is 8.53. The number of rotatable bonds is 5. The smallest absolute Gasteiger partial charge is 0.265 e. The van der Waals surface area contributed by atoms with E-state index in [1.54, 1.807) is 21.8 Å². The molecule has 3 heterocycles. The number of benzene rings is 3. The van der Waals surface area contributed by atoms with Gasteiger partial charge in [-0.2, -0.15) is 9.78 Å². The van der Waals surface area contributed by atoms with Crippen molar-refractivity contribution >= 4 is 39.4 Å². The zero-order valence-electron chi connectivity index (χ0n) is 19.2. The summed E-state index contributed by atoms with van der Waals surface area (Å²) >= 11 is 0. The molecule has 0 aliphatic heterocycles. The van der Waals surface area contributed by atoms with Crippen LogP contribution in [0.15, 0.2) is 95.1 Å². The van der Waals surface area contributed by atoms with Crippen molar-refractivity contribution < 1.29 is 0 Å². The Balaban J connectivity index is 1.54. The Hall–Kier alpha value is -4.65. The number of fused-ring (bicyclic) bond motifs is 4. The third-order valence-electron chi connectivity index (χ3n) is 6.06. The van der Waals surface area contributed by atoms with Crippen LogP contribution in [0.25, 0.3) is 33.2 Å². The molecule has 0 bridgehead atoms. The van der Waals surface area contributed by atoms with Gasteiger partial charge in [-0.25, -0.2) is 15.0 Å². The largest absolute Gasteiger partial charge is 0.298 e. The summed E-state index contributed by atoms with van der Waals surface area (Å²) in [6.45, 7) is 2.56. The molecule has 3 aromatic carbocycles. The maximum atomic E-state index is 13.6. The summed E-state index contributed by atoms with van der Waals surface area (Å²) < 4.78 is 3.26. The van der Waals surface area contributed by atoms with Gasteiger partial charge in [0.1, 0.15) is 10.9 Å². The molecule has 0 amide bonds. The van der Waals surface area contributed by atoms with Crippen molar-refractivity contribution in [3.8, 4) is 0 Å². The van der Waals surface area contributed by atoms with Crippen molar-refractivity contribution in [2.45, 2.75) is 19.9 Å². The van der Waals surface area contributed by atoms with Gasteiger partial charge in [0.05, 0.1) is 23.6 Å². The molecule has 0 saturated heterocycles. The van der Waals surface area contributed by atoms with Crippen LogP contribution in [-0.4, -0.2) is 30.4 Å². The molecular weight excluding hydrogens is 436 g/mol.